The van der Waals surface area contributed by atoms with Crippen LogP contribution in [0, 0.1) is 0 Å². The molecule has 2 amide bonds. The van der Waals surface area contributed by atoms with Gasteiger partial charge in [-0.05, 0) is 18.6 Å². The number of carbonyl (C=O) groups is 2. The predicted molar refractivity (Wildman–Crippen MR) is 75.6 cm³/mol. The Hall–Kier alpha value is -2.37. The molecule has 1 aromatic heterocycles. The molecule has 0 spiro atoms. The smallest absolute Gasteiger partial charge is 0.245 e. The van der Waals surface area contributed by atoms with E-state index in [-0.39, 0.29) is 18.2 Å². The fourth-order valence-corrected chi connectivity index (χ4v) is 1.97. The first-order valence-corrected chi connectivity index (χ1v) is 6.60. The summed E-state index contributed by atoms with van der Waals surface area (Å²) in [4.78, 5) is 27.4. The second kappa shape index (κ2) is 6.18. The molecule has 0 radical (unpaired) electrons. The molecule has 2 rings (SSSR count). The zero-order chi connectivity index (χ0) is 14.5. The minimum atomic E-state index is -0.284. The van der Waals surface area contributed by atoms with Gasteiger partial charge in [-0.15, -0.1) is 0 Å². The Morgan fingerprint density at radius 3 is 2.60 bits per heavy atom. The van der Waals surface area contributed by atoms with Gasteiger partial charge >= 0.3 is 0 Å². The lowest BCUT2D eigenvalue weighted by Gasteiger charge is -2.06. The van der Waals surface area contributed by atoms with Crippen LogP contribution in [-0.4, -0.2) is 21.4 Å². The number of nitrogens with one attached hydrogen (secondary N) is 2. The van der Waals surface area contributed by atoms with Crippen molar-refractivity contribution in [2.24, 2.45) is 7.05 Å². The van der Waals surface area contributed by atoms with Crippen molar-refractivity contribution in [2.45, 2.75) is 26.2 Å². The number of benzene rings is 1. The molecule has 2 aromatic rings. The van der Waals surface area contributed by atoms with Gasteiger partial charge in [0.15, 0.2) is 0 Å². The largest absolute Gasteiger partial charge is 0.331 e. The Balaban J connectivity index is 1.99. The summed E-state index contributed by atoms with van der Waals surface area (Å²) in [5.41, 5.74) is 6.61. The molecule has 6 heteroatoms. The van der Waals surface area contributed by atoms with Gasteiger partial charge in [0.2, 0.25) is 11.8 Å². The van der Waals surface area contributed by atoms with Gasteiger partial charge in [0.25, 0.3) is 0 Å². The third-order valence-electron chi connectivity index (χ3n) is 3.02. The lowest BCUT2D eigenvalue weighted by molar-refractivity contribution is -0.128. The number of para-hydroxylation sites is 2. The summed E-state index contributed by atoms with van der Waals surface area (Å²) in [6.45, 7) is 1.90. The highest BCUT2D eigenvalue weighted by Gasteiger charge is 2.11. The van der Waals surface area contributed by atoms with Crippen molar-refractivity contribution in [3.05, 3.63) is 30.1 Å². The van der Waals surface area contributed by atoms with Crippen LogP contribution in [0.25, 0.3) is 11.0 Å². The minimum Gasteiger partial charge on any atom is -0.331 e. The number of hydrogen-bond donors (Lipinski definition) is 2. The van der Waals surface area contributed by atoms with Crippen molar-refractivity contribution in [1.29, 1.82) is 0 Å². The Kier molecular flexibility index (Phi) is 4.34. The molecule has 0 aliphatic carbocycles. The number of amides is 2. The summed E-state index contributed by atoms with van der Waals surface area (Å²) in [5.74, 6) is 0.187. The van der Waals surface area contributed by atoms with Crippen LogP contribution >= 0.6 is 0 Å². The van der Waals surface area contributed by atoms with E-state index in [0.29, 0.717) is 12.2 Å². The first-order valence-electron chi connectivity index (χ1n) is 6.60. The molecule has 20 heavy (non-hydrogen) atoms. The van der Waals surface area contributed by atoms with Crippen LogP contribution in [-0.2, 0) is 23.1 Å². The molecule has 2 N–H and O–H groups in total. The van der Waals surface area contributed by atoms with Crippen LogP contribution in [0.4, 0.5) is 0 Å². The van der Waals surface area contributed by atoms with Crippen LogP contribution in [0.5, 0.6) is 0 Å². The molecule has 0 unspecified atom stereocenters. The highest BCUT2D eigenvalue weighted by Crippen LogP contribution is 2.14. The summed E-state index contributed by atoms with van der Waals surface area (Å²) in [7, 11) is 1.87. The third kappa shape index (κ3) is 3.14. The number of hydrazine groups is 1. The van der Waals surface area contributed by atoms with Gasteiger partial charge in [0, 0.05) is 13.5 Å². The molecule has 0 fully saturated rings. The number of rotatable bonds is 4. The molecule has 1 heterocycles. The maximum absolute atomic E-state index is 11.8. The van der Waals surface area contributed by atoms with Gasteiger partial charge in [-0.3, -0.25) is 20.4 Å². The van der Waals surface area contributed by atoms with Gasteiger partial charge in [0.1, 0.15) is 5.82 Å². The monoisotopic (exact) mass is 274 g/mol. The van der Waals surface area contributed by atoms with Gasteiger partial charge in [-0.1, -0.05) is 19.1 Å². The Bertz CT molecular complexity index is 633. The molecular weight excluding hydrogens is 256 g/mol. The molecule has 0 bridgehead atoms. The van der Waals surface area contributed by atoms with Gasteiger partial charge in [-0.25, -0.2) is 4.98 Å². The van der Waals surface area contributed by atoms with Crippen LogP contribution in [0.3, 0.4) is 0 Å². The molecule has 6 nitrogen and oxygen atoms in total. The van der Waals surface area contributed by atoms with Crippen LogP contribution < -0.4 is 10.9 Å². The number of hydrogen-bond acceptors (Lipinski definition) is 3. The van der Waals surface area contributed by atoms with E-state index < -0.39 is 0 Å². The highest BCUT2D eigenvalue weighted by atomic mass is 16.2. The summed E-state index contributed by atoms with van der Waals surface area (Å²) < 4.78 is 1.88. The zero-order valence-corrected chi connectivity index (χ0v) is 11.6. The molecule has 0 saturated heterocycles. The maximum Gasteiger partial charge on any atom is 0.245 e. The Morgan fingerprint density at radius 2 is 1.90 bits per heavy atom. The van der Waals surface area contributed by atoms with Gasteiger partial charge < -0.3 is 4.57 Å². The lowest BCUT2D eigenvalue weighted by atomic mass is 10.3. The van der Waals surface area contributed by atoms with E-state index in [1.807, 2.05) is 42.8 Å². The van der Waals surface area contributed by atoms with Crippen molar-refractivity contribution >= 4 is 22.8 Å². The van der Waals surface area contributed by atoms with Crippen molar-refractivity contribution in [1.82, 2.24) is 20.4 Å². The minimum absolute atomic E-state index is 0.123. The molecule has 0 aliphatic heterocycles. The van der Waals surface area contributed by atoms with E-state index in [2.05, 4.69) is 15.8 Å². The quantitative estimate of drug-likeness (QED) is 0.819. The number of imidazole rings is 1. The van der Waals surface area contributed by atoms with Crippen molar-refractivity contribution in [3.8, 4) is 0 Å². The number of nitrogens with zero attached hydrogens (tertiary/aromatic N) is 2. The Labute approximate surface area is 117 Å². The normalized spacial score (nSPS) is 10.5. The summed E-state index contributed by atoms with van der Waals surface area (Å²) >= 11 is 0. The van der Waals surface area contributed by atoms with E-state index in [1.54, 1.807) is 0 Å². The third-order valence-corrected chi connectivity index (χ3v) is 3.02. The van der Waals surface area contributed by atoms with Crippen molar-refractivity contribution in [3.63, 3.8) is 0 Å². The second-order valence-corrected chi connectivity index (χ2v) is 4.60. The fraction of sp³-hybridized carbons (Fsp3) is 0.357. The molecule has 0 aliphatic rings. The Morgan fingerprint density at radius 1 is 1.20 bits per heavy atom. The number of aryl methyl sites for hydroxylation is 1. The lowest BCUT2D eigenvalue weighted by Crippen LogP contribution is -2.42. The molecule has 1 aromatic carbocycles. The standard InChI is InChI=1S/C14H18N4O2/c1-3-6-13(19)16-17-14(20)9-12-15-10-7-4-5-8-11(10)18(12)2/h4-5,7-8H,3,6,9H2,1-2H3,(H,16,19)(H,17,20). The van der Waals surface area contributed by atoms with Crippen molar-refractivity contribution in [2.75, 3.05) is 0 Å². The first-order chi connectivity index (χ1) is 9.61. The summed E-state index contributed by atoms with van der Waals surface area (Å²) in [5, 5.41) is 0. The van der Waals surface area contributed by atoms with Gasteiger partial charge in [0.05, 0.1) is 17.5 Å². The SMILES string of the molecule is CCCC(=O)NNC(=O)Cc1nc2ccccc2n1C. The average Bonchev–Trinajstić information content (AvgIpc) is 2.74. The molecule has 0 saturated carbocycles. The van der Waals surface area contributed by atoms with E-state index in [4.69, 9.17) is 0 Å². The average molecular weight is 274 g/mol. The summed E-state index contributed by atoms with van der Waals surface area (Å²) in [6.07, 6.45) is 1.26. The first kappa shape index (κ1) is 14.0. The zero-order valence-electron chi connectivity index (χ0n) is 11.6. The maximum atomic E-state index is 11.8. The number of aromatic nitrogens is 2. The van der Waals surface area contributed by atoms with Crippen LogP contribution in [0.15, 0.2) is 24.3 Å². The van der Waals surface area contributed by atoms with E-state index >= 15 is 0 Å². The van der Waals surface area contributed by atoms with E-state index in [1.165, 1.54) is 0 Å². The predicted octanol–water partition coefficient (Wildman–Crippen LogP) is 1.06. The van der Waals surface area contributed by atoms with Crippen LogP contribution in [0.2, 0.25) is 0 Å². The van der Waals surface area contributed by atoms with Crippen LogP contribution in [0.1, 0.15) is 25.6 Å². The summed E-state index contributed by atoms with van der Waals surface area (Å²) in [6, 6.07) is 7.69. The molecular formula is C14H18N4O2. The van der Waals surface area contributed by atoms with Crippen molar-refractivity contribution < 1.29 is 9.59 Å². The fourth-order valence-electron chi connectivity index (χ4n) is 1.97. The molecule has 106 valence electrons. The van der Waals surface area contributed by atoms with Gasteiger partial charge in [-0.2, -0.15) is 0 Å². The number of carbonyl (C=O) groups excluding carboxylic acids is 2. The van der Waals surface area contributed by atoms with E-state index in [0.717, 1.165) is 17.5 Å². The topological polar surface area (TPSA) is 76.0 Å². The highest BCUT2D eigenvalue weighted by molar-refractivity contribution is 5.84. The second-order valence-electron chi connectivity index (χ2n) is 4.60. The number of fused-ring (bicyclic) bond motifs is 1. The van der Waals surface area contributed by atoms with E-state index in [9.17, 15) is 9.59 Å². The molecule has 0 atom stereocenters.